The summed E-state index contributed by atoms with van der Waals surface area (Å²) in [6, 6.07) is 3.88. The Morgan fingerprint density at radius 2 is 2.12 bits per heavy atom. The lowest BCUT2D eigenvalue weighted by Crippen LogP contribution is -1.88. The molecule has 6 nitrogen and oxygen atoms in total. The predicted molar refractivity (Wildman–Crippen MR) is 60.6 cm³/mol. The molecule has 0 saturated carbocycles. The van der Waals surface area contributed by atoms with Gasteiger partial charge in [-0.2, -0.15) is 5.10 Å². The molecular formula is C10H10N6. The van der Waals surface area contributed by atoms with Crippen molar-refractivity contribution in [1.82, 2.24) is 25.1 Å². The third-order valence-corrected chi connectivity index (χ3v) is 2.41. The van der Waals surface area contributed by atoms with Gasteiger partial charge < -0.3 is 10.7 Å². The monoisotopic (exact) mass is 214 g/mol. The lowest BCUT2D eigenvalue weighted by Gasteiger charge is -1.90. The van der Waals surface area contributed by atoms with Crippen LogP contribution in [0.2, 0.25) is 0 Å². The van der Waals surface area contributed by atoms with Crippen molar-refractivity contribution in [3.8, 4) is 11.4 Å². The smallest absolute Gasteiger partial charge is 0.178 e. The maximum absolute atomic E-state index is 5.73. The molecule has 3 aromatic rings. The normalized spacial score (nSPS) is 11.1. The Hall–Kier alpha value is -2.37. The van der Waals surface area contributed by atoms with Gasteiger partial charge in [0.15, 0.2) is 5.65 Å². The lowest BCUT2D eigenvalue weighted by molar-refractivity contribution is 1.10. The molecule has 0 saturated heterocycles. The van der Waals surface area contributed by atoms with E-state index >= 15 is 0 Å². The van der Waals surface area contributed by atoms with Gasteiger partial charge in [0.25, 0.3) is 0 Å². The number of hydrogen-bond acceptors (Lipinski definition) is 4. The summed E-state index contributed by atoms with van der Waals surface area (Å²) in [5.74, 6) is 1.18. The highest BCUT2D eigenvalue weighted by Gasteiger charge is 2.10. The first-order chi connectivity index (χ1) is 7.74. The quantitative estimate of drug-likeness (QED) is 0.567. The van der Waals surface area contributed by atoms with E-state index in [2.05, 4.69) is 25.1 Å². The summed E-state index contributed by atoms with van der Waals surface area (Å²) < 4.78 is 0. The van der Waals surface area contributed by atoms with Gasteiger partial charge in [-0.15, -0.1) is 0 Å². The standard InChI is InChI=1S/C10H10N6/c1-5-2-3-7-10(13-5)15-9(14-7)6-4-12-16-8(6)11/h2-4H,1H3,(H3,11,12,16)(H,13,14,15). The number of pyridine rings is 1. The van der Waals surface area contributed by atoms with Crippen molar-refractivity contribution in [2.45, 2.75) is 6.92 Å². The first-order valence-electron chi connectivity index (χ1n) is 4.86. The average molecular weight is 214 g/mol. The number of imidazole rings is 1. The molecular weight excluding hydrogens is 204 g/mol. The van der Waals surface area contributed by atoms with Gasteiger partial charge in [-0.1, -0.05) is 0 Å². The van der Waals surface area contributed by atoms with E-state index in [4.69, 9.17) is 5.73 Å². The van der Waals surface area contributed by atoms with Crippen molar-refractivity contribution in [2.24, 2.45) is 0 Å². The van der Waals surface area contributed by atoms with Crippen molar-refractivity contribution in [1.29, 1.82) is 0 Å². The molecule has 0 bridgehead atoms. The molecule has 0 radical (unpaired) electrons. The lowest BCUT2D eigenvalue weighted by atomic mass is 10.3. The van der Waals surface area contributed by atoms with Crippen LogP contribution < -0.4 is 5.73 Å². The maximum Gasteiger partial charge on any atom is 0.178 e. The van der Waals surface area contributed by atoms with E-state index in [1.807, 2.05) is 19.1 Å². The number of aromatic nitrogens is 5. The third-order valence-electron chi connectivity index (χ3n) is 2.41. The van der Waals surface area contributed by atoms with Crippen LogP contribution in [-0.2, 0) is 0 Å². The first kappa shape index (κ1) is 8.90. The van der Waals surface area contributed by atoms with E-state index in [0.717, 1.165) is 16.8 Å². The van der Waals surface area contributed by atoms with Crippen molar-refractivity contribution in [2.75, 3.05) is 5.73 Å². The molecule has 0 aliphatic rings. The van der Waals surface area contributed by atoms with Gasteiger partial charge in [-0.3, -0.25) is 5.10 Å². The molecule has 0 spiro atoms. The minimum atomic E-state index is 0.496. The van der Waals surface area contributed by atoms with Gasteiger partial charge in [0.2, 0.25) is 0 Å². The number of nitrogen functional groups attached to an aromatic ring is 1. The van der Waals surface area contributed by atoms with E-state index in [-0.39, 0.29) is 0 Å². The Balaban J connectivity index is 2.23. The summed E-state index contributed by atoms with van der Waals surface area (Å²) in [6.45, 7) is 1.93. The van der Waals surface area contributed by atoms with Gasteiger partial charge in [-0.05, 0) is 19.1 Å². The molecule has 16 heavy (non-hydrogen) atoms. The number of hydrogen-bond donors (Lipinski definition) is 3. The fourth-order valence-corrected chi connectivity index (χ4v) is 1.60. The van der Waals surface area contributed by atoms with Crippen LogP contribution in [0, 0.1) is 6.92 Å². The summed E-state index contributed by atoms with van der Waals surface area (Å²) in [6.07, 6.45) is 1.64. The van der Waals surface area contributed by atoms with Gasteiger partial charge in [0, 0.05) is 5.69 Å². The van der Waals surface area contributed by atoms with Crippen LogP contribution >= 0.6 is 0 Å². The van der Waals surface area contributed by atoms with Crippen LogP contribution in [-0.4, -0.2) is 25.1 Å². The topological polar surface area (TPSA) is 96.3 Å². The molecule has 0 aliphatic carbocycles. The molecule has 3 aromatic heterocycles. The number of nitrogens with one attached hydrogen (secondary N) is 2. The van der Waals surface area contributed by atoms with Crippen molar-refractivity contribution >= 4 is 17.0 Å². The highest BCUT2D eigenvalue weighted by atomic mass is 15.2. The van der Waals surface area contributed by atoms with Crippen LogP contribution in [0.3, 0.4) is 0 Å². The van der Waals surface area contributed by atoms with Gasteiger partial charge in [-0.25, -0.2) is 9.97 Å². The molecule has 6 heteroatoms. The number of aromatic amines is 2. The second-order valence-corrected chi connectivity index (χ2v) is 3.61. The summed E-state index contributed by atoms with van der Waals surface area (Å²) in [7, 11) is 0. The Bertz CT molecular complexity index is 650. The number of nitrogens with two attached hydrogens (primary N) is 1. The van der Waals surface area contributed by atoms with Gasteiger partial charge in [0.1, 0.15) is 11.6 Å². The van der Waals surface area contributed by atoms with E-state index in [0.29, 0.717) is 17.3 Å². The van der Waals surface area contributed by atoms with Crippen molar-refractivity contribution in [3.05, 3.63) is 24.0 Å². The fourth-order valence-electron chi connectivity index (χ4n) is 1.60. The minimum Gasteiger partial charge on any atom is -0.383 e. The summed E-state index contributed by atoms with van der Waals surface area (Å²) in [5.41, 5.74) is 9.00. The minimum absolute atomic E-state index is 0.496. The zero-order valence-corrected chi connectivity index (χ0v) is 8.65. The molecule has 0 atom stereocenters. The van der Waals surface area contributed by atoms with Crippen molar-refractivity contribution in [3.63, 3.8) is 0 Å². The Morgan fingerprint density at radius 1 is 1.25 bits per heavy atom. The highest BCUT2D eigenvalue weighted by molar-refractivity contribution is 5.78. The molecule has 0 aromatic carbocycles. The van der Waals surface area contributed by atoms with E-state index in [9.17, 15) is 0 Å². The van der Waals surface area contributed by atoms with Crippen molar-refractivity contribution < 1.29 is 0 Å². The number of anilines is 1. The molecule has 0 aliphatic heterocycles. The van der Waals surface area contributed by atoms with E-state index < -0.39 is 0 Å². The summed E-state index contributed by atoms with van der Waals surface area (Å²) in [5, 5.41) is 6.53. The number of H-pyrrole nitrogens is 2. The van der Waals surface area contributed by atoms with Crippen LogP contribution in [0.5, 0.6) is 0 Å². The summed E-state index contributed by atoms with van der Waals surface area (Å²) >= 11 is 0. The molecule has 0 fully saturated rings. The Labute approximate surface area is 90.9 Å². The second-order valence-electron chi connectivity index (χ2n) is 3.61. The first-order valence-corrected chi connectivity index (χ1v) is 4.86. The van der Waals surface area contributed by atoms with Gasteiger partial charge >= 0.3 is 0 Å². The number of nitrogens with zero attached hydrogens (tertiary/aromatic N) is 3. The molecule has 3 heterocycles. The van der Waals surface area contributed by atoms with Crippen LogP contribution in [0.15, 0.2) is 18.3 Å². The van der Waals surface area contributed by atoms with Crippen LogP contribution in [0.4, 0.5) is 5.82 Å². The zero-order chi connectivity index (χ0) is 11.1. The molecule has 80 valence electrons. The predicted octanol–water partition coefficient (Wildman–Crippen LogP) is 1.24. The largest absolute Gasteiger partial charge is 0.383 e. The maximum atomic E-state index is 5.73. The van der Waals surface area contributed by atoms with E-state index in [1.165, 1.54) is 0 Å². The van der Waals surface area contributed by atoms with Crippen LogP contribution in [0.25, 0.3) is 22.6 Å². The highest BCUT2D eigenvalue weighted by Crippen LogP contribution is 2.22. The summed E-state index contributed by atoms with van der Waals surface area (Å²) in [4.78, 5) is 11.8. The second kappa shape index (κ2) is 3.06. The zero-order valence-electron chi connectivity index (χ0n) is 8.65. The van der Waals surface area contributed by atoms with E-state index in [1.54, 1.807) is 6.20 Å². The molecule has 0 amide bonds. The van der Waals surface area contributed by atoms with Crippen LogP contribution in [0.1, 0.15) is 5.69 Å². The SMILES string of the molecule is Cc1ccc2[nH]c(-c3cn[nH]c3N)nc2n1. The third kappa shape index (κ3) is 1.23. The number of fused-ring (bicyclic) bond motifs is 1. The molecule has 4 N–H and O–H groups in total. The Kier molecular flexibility index (Phi) is 1.70. The van der Waals surface area contributed by atoms with Gasteiger partial charge in [0.05, 0.1) is 17.3 Å². The molecule has 0 unspecified atom stereocenters. The average Bonchev–Trinajstić information content (AvgIpc) is 2.82. The number of aryl methyl sites for hydroxylation is 1. The number of rotatable bonds is 1. The Morgan fingerprint density at radius 3 is 2.88 bits per heavy atom. The molecule has 3 rings (SSSR count). The fraction of sp³-hybridized carbons (Fsp3) is 0.100.